The van der Waals surface area contributed by atoms with E-state index in [0.29, 0.717) is 6.42 Å². The highest BCUT2D eigenvalue weighted by atomic mass is 19.1. The first kappa shape index (κ1) is 14.9. The molecule has 7 heteroatoms. The molecule has 2 amide bonds. The van der Waals surface area contributed by atoms with E-state index in [1.54, 1.807) is 6.92 Å². The lowest BCUT2D eigenvalue weighted by atomic mass is 10.2. The van der Waals surface area contributed by atoms with Crippen LogP contribution in [0.5, 0.6) is 0 Å². The van der Waals surface area contributed by atoms with Gasteiger partial charge in [0.05, 0.1) is 0 Å². The molecule has 0 aromatic heterocycles. The van der Waals surface area contributed by atoms with Gasteiger partial charge in [-0.3, -0.25) is 0 Å². The van der Waals surface area contributed by atoms with Crippen LogP contribution in [0.4, 0.5) is 19.3 Å². The first-order valence-electron chi connectivity index (χ1n) is 5.65. The topological polar surface area (TPSA) is 78.4 Å². The van der Waals surface area contributed by atoms with Gasteiger partial charge in [-0.05, 0) is 25.5 Å². The highest BCUT2D eigenvalue weighted by Crippen LogP contribution is 2.18. The SMILES string of the molecule is CCC(C)NC(=O)Nc1cc(F)c(C(=O)O)c(F)c1. The average Bonchev–Trinajstić information content (AvgIpc) is 2.26. The van der Waals surface area contributed by atoms with Crippen LogP contribution in [0.1, 0.15) is 30.6 Å². The second kappa shape index (κ2) is 6.12. The van der Waals surface area contributed by atoms with Crippen molar-refractivity contribution in [1.29, 1.82) is 0 Å². The van der Waals surface area contributed by atoms with Gasteiger partial charge in [0.15, 0.2) is 0 Å². The van der Waals surface area contributed by atoms with Crippen LogP contribution in [-0.4, -0.2) is 23.1 Å². The van der Waals surface area contributed by atoms with Gasteiger partial charge in [0, 0.05) is 11.7 Å². The highest BCUT2D eigenvalue weighted by molar-refractivity contribution is 5.92. The third kappa shape index (κ3) is 3.90. The first-order valence-corrected chi connectivity index (χ1v) is 5.65. The molecule has 0 heterocycles. The number of amides is 2. The summed E-state index contributed by atoms with van der Waals surface area (Å²) in [6.45, 7) is 3.64. The first-order chi connectivity index (χ1) is 8.85. The number of anilines is 1. The van der Waals surface area contributed by atoms with Crippen molar-refractivity contribution in [1.82, 2.24) is 5.32 Å². The molecule has 19 heavy (non-hydrogen) atoms. The van der Waals surface area contributed by atoms with Crippen molar-refractivity contribution in [3.63, 3.8) is 0 Å². The Balaban J connectivity index is 2.87. The fraction of sp³-hybridized carbons (Fsp3) is 0.333. The Hall–Kier alpha value is -2.18. The number of carbonyl (C=O) groups is 2. The van der Waals surface area contributed by atoms with Crippen molar-refractivity contribution in [2.45, 2.75) is 26.3 Å². The lowest BCUT2D eigenvalue weighted by molar-refractivity contribution is 0.0686. The Kier molecular flexibility index (Phi) is 4.80. The quantitative estimate of drug-likeness (QED) is 0.788. The molecule has 0 bridgehead atoms. The van der Waals surface area contributed by atoms with Crippen LogP contribution in [0.2, 0.25) is 0 Å². The van der Waals surface area contributed by atoms with Gasteiger partial charge in [0.25, 0.3) is 0 Å². The molecule has 0 saturated heterocycles. The standard InChI is InChI=1S/C12H14F2N2O3/c1-3-6(2)15-12(19)16-7-4-8(13)10(11(17)18)9(14)5-7/h4-6H,3H2,1-2H3,(H,17,18)(H2,15,16,19). The predicted octanol–water partition coefficient (Wildman–Crippen LogP) is 2.58. The van der Waals surface area contributed by atoms with Crippen molar-refractivity contribution in [3.05, 3.63) is 29.3 Å². The Labute approximate surface area is 108 Å². The van der Waals surface area contributed by atoms with Crippen molar-refractivity contribution >= 4 is 17.7 Å². The van der Waals surface area contributed by atoms with E-state index in [1.165, 1.54) is 0 Å². The summed E-state index contributed by atoms with van der Waals surface area (Å²) in [5.74, 6) is -4.19. The zero-order valence-corrected chi connectivity index (χ0v) is 10.5. The van der Waals surface area contributed by atoms with E-state index >= 15 is 0 Å². The van der Waals surface area contributed by atoms with Crippen molar-refractivity contribution < 1.29 is 23.5 Å². The zero-order chi connectivity index (χ0) is 14.6. The van der Waals surface area contributed by atoms with E-state index in [1.807, 2.05) is 6.92 Å². The maximum Gasteiger partial charge on any atom is 0.341 e. The van der Waals surface area contributed by atoms with E-state index < -0.39 is 29.2 Å². The molecular weight excluding hydrogens is 258 g/mol. The molecule has 1 rings (SSSR count). The van der Waals surface area contributed by atoms with Crippen LogP contribution >= 0.6 is 0 Å². The number of aromatic carboxylic acids is 1. The van der Waals surface area contributed by atoms with Crippen molar-refractivity contribution in [3.8, 4) is 0 Å². The summed E-state index contributed by atoms with van der Waals surface area (Å²) in [5.41, 5.74) is -1.20. The minimum atomic E-state index is -1.70. The van der Waals surface area contributed by atoms with Gasteiger partial charge in [-0.15, -0.1) is 0 Å². The molecule has 3 N–H and O–H groups in total. The zero-order valence-electron chi connectivity index (χ0n) is 10.5. The van der Waals surface area contributed by atoms with E-state index in [0.717, 1.165) is 12.1 Å². The molecular formula is C12H14F2N2O3. The van der Waals surface area contributed by atoms with Gasteiger partial charge in [0.1, 0.15) is 17.2 Å². The van der Waals surface area contributed by atoms with Crippen LogP contribution in [-0.2, 0) is 0 Å². The lowest BCUT2D eigenvalue weighted by Gasteiger charge is -2.13. The van der Waals surface area contributed by atoms with Crippen molar-refractivity contribution in [2.24, 2.45) is 0 Å². The fourth-order valence-electron chi connectivity index (χ4n) is 1.34. The number of nitrogens with one attached hydrogen (secondary N) is 2. The number of carboxylic acids is 1. The third-order valence-corrected chi connectivity index (χ3v) is 2.50. The second-order valence-corrected chi connectivity index (χ2v) is 4.03. The maximum absolute atomic E-state index is 13.3. The fourth-order valence-corrected chi connectivity index (χ4v) is 1.34. The number of halogens is 2. The number of carboxylic acid groups (broad SMARTS) is 1. The number of urea groups is 1. The average molecular weight is 272 g/mol. The molecule has 1 atom stereocenters. The Morgan fingerprint density at radius 2 is 1.84 bits per heavy atom. The minimum Gasteiger partial charge on any atom is -0.477 e. The van der Waals surface area contributed by atoms with Gasteiger partial charge in [0.2, 0.25) is 0 Å². The molecule has 1 aromatic carbocycles. The maximum atomic E-state index is 13.3. The summed E-state index contributed by atoms with van der Waals surface area (Å²) < 4.78 is 26.7. The van der Waals surface area contributed by atoms with Crippen LogP contribution in [0, 0.1) is 11.6 Å². The van der Waals surface area contributed by atoms with Gasteiger partial charge < -0.3 is 15.7 Å². The Bertz CT molecular complexity index is 483. The lowest BCUT2D eigenvalue weighted by Crippen LogP contribution is -2.35. The van der Waals surface area contributed by atoms with Crippen LogP contribution < -0.4 is 10.6 Å². The van der Waals surface area contributed by atoms with E-state index in [2.05, 4.69) is 10.6 Å². The summed E-state index contributed by atoms with van der Waals surface area (Å²) in [6, 6.07) is 0.801. The summed E-state index contributed by atoms with van der Waals surface area (Å²) in [5, 5.41) is 13.4. The Morgan fingerprint density at radius 3 is 2.26 bits per heavy atom. The third-order valence-electron chi connectivity index (χ3n) is 2.50. The molecule has 5 nitrogen and oxygen atoms in total. The molecule has 0 aliphatic rings. The van der Waals surface area contributed by atoms with Gasteiger partial charge in [-0.25, -0.2) is 18.4 Å². The van der Waals surface area contributed by atoms with Crippen LogP contribution in [0.15, 0.2) is 12.1 Å². The molecule has 1 unspecified atom stereocenters. The molecule has 0 radical (unpaired) electrons. The van der Waals surface area contributed by atoms with Crippen molar-refractivity contribution in [2.75, 3.05) is 5.32 Å². The summed E-state index contributed by atoms with van der Waals surface area (Å²) in [4.78, 5) is 22.0. The molecule has 0 aliphatic heterocycles. The normalized spacial score (nSPS) is 11.8. The number of hydrogen-bond acceptors (Lipinski definition) is 2. The van der Waals surface area contributed by atoms with Gasteiger partial charge in [-0.2, -0.15) is 0 Å². The minimum absolute atomic E-state index is 0.0898. The molecule has 1 aromatic rings. The molecule has 104 valence electrons. The Morgan fingerprint density at radius 1 is 1.32 bits per heavy atom. The molecule has 0 aliphatic carbocycles. The van der Waals surface area contributed by atoms with E-state index in [4.69, 9.17) is 5.11 Å². The molecule has 0 saturated carbocycles. The smallest absolute Gasteiger partial charge is 0.341 e. The van der Waals surface area contributed by atoms with Gasteiger partial charge >= 0.3 is 12.0 Å². The monoisotopic (exact) mass is 272 g/mol. The summed E-state index contributed by atoms with van der Waals surface area (Å²) in [6.07, 6.45) is 0.702. The molecule has 0 fully saturated rings. The second-order valence-electron chi connectivity index (χ2n) is 4.03. The van der Waals surface area contributed by atoms with E-state index in [9.17, 15) is 18.4 Å². The van der Waals surface area contributed by atoms with Gasteiger partial charge in [-0.1, -0.05) is 6.92 Å². The number of hydrogen-bond donors (Lipinski definition) is 3. The summed E-state index contributed by atoms with van der Waals surface area (Å²) >= 11 is 0. The molecule has 0 spiro atoms. The highest BCUT2D eigenvalue weighted by Gasteiger charge is 2.18. The van der Waals surface area contributed by atoms with E-state index in [-0.39, 0.29) is 11.7 Å². The van der Waals surface area contributed by atoms with Crippen LogP contribution in [0.25, 0.3) is 0 Å². The van der Waals surface area contributed by atoms with Crippen LogP contribution in [0.3, 0.4) is 0 Å². The predicted molar refractivity (Wildman–Crippen MR) is 65.2 cm³/mol. The summed E-state index contributed by atoms with van der Waals surface area (Å²) in [7, 11) is 0. The number of carbonyl (C=O) groups excluding carboxylic acids is 1. The number of benzene rings is 1. The largest absolute Gasteiger partial charge is 0.477 e. The number of rotatable bonds is 4.